The van der Waals surface area contributed by atoms with Gasteiger partial charge in [0.25, 0.3) is 15.9 Å². The van der Waals surface area contributed by atoms with Crippen LogP contribution < -0.4 is 20.1 Å². The third-order valence-corrected chi connectivity index (χ3v) is 10.7. The number of carbonyl (C=O) groups excluding carboxylic acids is 1. The molecule has 3 aromatic rings. The van der Waals surface area contributed by atoms with Gasteiger partial charge in [-0.15, -0.1) is 15.3 Å². The summed E-state index contributed by atoms with van der Waals surface area (Å²) in [6.45, 7) is 7.44. The highest BCUT2D eigenvalue weighted by Crippen LogP contribution is 2.55. The van der Waals surface area contributed by atoms with E-state index in [-0.39, 0.29) is 37.4 Å². The molecule has 0 spiro atoms. The number of nitrogens with one attached hydrogen (secondary N) is 1. The number of amides is 1. The maximum Gasteiger partial charge on any atom is 0.268 e. The zero-order valence-electron chi connectivity index (χ0n) is 27.6. The summed E-state index contributed by atoms with van der Waals surface area (Å²) in [5.74, 6) is 0.633. The Labute approximate surface area is 267 Å². The lowest BCUT2D eigenvalue weighted by atomic mass is 9.15. The number of hydrogen-bond donors (Lipinski definition) is 2. The first kappa shape index (κ1) is 33.7. The van der Waals surface area contributed by atoms with E-state index in [1.54, 1.807) is 29.1 Å². The van der Waals surface area contributed by atoms with E-state index in [0.717, 1.165) is 6.42 Å². The van der Waals surface area contributed by atoms with Crippen LogP contribution in [-0.2, 0) is 10.0 Å². The number of anilines is 2. The summed E-state index contributed by atoms with van der Waals surface area (Å²) in [5.41, 5.74) is 5.59. The molecule has 226 valence electrons. The van der Waals surface area contributed by atoms with Crippen LogP contribution in [0.4, 0.5) is 11.6 Å². The molecule has 0 saturated carbocycles. The molecule has 3 N–H and O–H groups in total. The number of nitrogen functional groups attached to an aromatic ring is 1. The molecule has 1 aliphatic rings. The number of ether oxygens (including phenoxy) is 1. The van der Waals surface area contributed by atoms with Gasteiger partial charge >= 0.3 is 0 Å². The molecule has 1 aliphatic heterocycles. The van der Waals surface area contributed by atoms with Crippen LogP contribution in [-0.4, -0.2) is 108 Å². The number of carbonyl (C=O) groups is 1. The van der Waals surface area contributed by atoms with Crippen LogP contribution in [0.15, 0.2) is 47.6 Å². The second kappa shape index (κ2) is 11.6. The van der Waals surface area contributed by atoms with Crippen LogP contribution in [0.2, 0.25) is 15.5 Å². The molecule has 19 heteroatoms. The fourth-order valence-electron chi connectivity index (χ4n) is 6.06. The maximum atomic E-state index is 13.5. The molecule has 4 heterocycles. The molecule has 0 aliphatic carbocycles. The van der Waals surface area contributed by atoms with Crippen molar-refractivity contribution in [2.75, 3.05) is 23.8 Å². The number of rotatable bonds is 10. The van der Waals surface area contributed by atoms with Crippen molar-refractivity contribution in [2.45, 2.75) is 53.2 Å². The minimum absolute atomic E-state index is 0.0173. The van der Waals surface area contributed by atoms with E-state index in [9.17, 15) is 13.2 Å². The van der Waals surface area contributed by atoms with Gasteiger partial charge < -0.3 is 15.4 Å². The molecule has 0 bridgehead atoms. The summed E-state index contributed by atoms with van der Waals surface area (Å²) in [4.78, 5) is 24.0. The average Bonchev–Trinajstić information content (AvgIpc) is 3.48. The molecular weight excluding hydrogens is 570 g/mol. The first-order valence-electron chi connectivity index (χ1n) is 14.9. The first-order valence-corrected chi connectivity index (χ1v) is 16.4. The third kappa shape index (κ3) is 6.57. The van der Waals surface area contributed by atoms with E-state index in [4.69, 9.17) is 15.5 Å². The Hall–Kier alpha value is -3.22. The summed E-state index contributed by atoms with van der Waals surface area (Å²) in [6.07, 6.45) is 4.03. The molecule has 1 amide bonds. The topological polar surface area (TPSA) is 145 Å². The van der Waals surface area contributed by atoms with Gasteiger partial charge in [0.15, 0.2) is 5.82 Å². The largest absolute Gasteiger partial charge is 0.477 e. The van der Waals surface area contributed by atoms with Crippen LogP contribution in [0.3, 0.4) is 0 Å². The van der Waals surface area contributed by atoms with Gasteiger partial charge in [0.1, 0.15) is 24.4 Å². The van der Waals surface area contributed by atoms with E-state index in [2.05, 4.69) is 95.4 Å². The summed E-state index contributed by atoms with van der Waals surface area (Å²) in [5, 5.41) is 4.46. The smallest absolute Gasteiger partial charge is 0.268 e. The third-order valence-electron chi connectivity index (χ3n) is 9.37. The number of aromatic nitrogens is 4. The van der Waals surface area contributed by atoms with Gasteiger partial charge in [-0.2, -0.15) is 0 Å². The van der Waals surface area contributed by atoms with Crippen molar-refractivity contribution in [2.24, 2.45) is 5.92 Å². The Morgan fingerprint density at radius 1 is 1.11 bits per heavy atom. The van der Waals surface area contributed by atoms with E-state index in [0.29, 0.717) is 36.6 Å². The molecule has 1 saturated heterocycles. The standard InChI is InChI=1S/C25H40B7N7O4S/c1-14-11-22(2,3)38(12-14)20-15(21(40)37-44(41,42)16-5-4-9-34-19(16)33)6-7-17(35-20)39-10-8-18(36-39)43-13-23(26,24(27,28)29)25(30,31)32/h4-10,14H,11-13,26-32H2,1-3H3,(H2,33,34)(H,37,40)/t14-/m0/s1. The molecular formula is C25H40B7N7O4S. The SMILES string of the molecule is BC(B)(B)C(B)(COc1ccn(-c2ccc(C(=O)NS(=O)(=O)c3cccnc3N)c(N3C[C@@H](C)CC3(C)C)n2)n1)C(B)(B)B. The van der Waals surface area contributed by atoms with Crippen LogP contribution in [0.1, 0.15) is 37.6 Å². The van der Waals surface area contributed by atoms with Gasteiger partial charge in [-0.25, -0.2) is 27.8 Å². The first-order chi connectivity index (χ1) is 20.2. The van der Waals surface area contributed by atoms with Crippen LogP contribution >= 0.6 is 0 Å². The van der Waals surface area contributed by atoms with E-state index in [1.807, 2.05) is 0 Å². The van der Waals surface area contributed by atoms with Crippen LogP contribution in [0.25, 0.3) is 5.82 Å². The lowest BCUT2D eigenvalue weighted by molar-refractivity contribution is 0.0981. The second-order valence-electron chi connectivity index (χ2n) is 14.8. The molecule has 0 unspecified atom stereocenters. The van der Waals surface area contributed by atoms with Crippen LogP contribution in [0, 0.1) is 5.92 Å². The fraction of sp³-hybridized carbons (Fsp3) is 0.440. The second-order valence-corrected chi connectivity index (χ2v) is 16.5. The van der Waals surface area contributed by atoms with E-state index < -0.39 is 15.9 Å². The number of hydrogen-bond acceptors (Lipinski definition) is 9. The number of pyridine rings is 2. The highest BCUT2D eigenvalue weighted by atomic mass is 32.2. The van der Waals surface area contributed by atoms with Gasteiger partial charge in [-0.3, -0.25) is 4.79 Å². The Morgan fingerprint density at radius 2 is 1.77 bits per heavy atom. The van der Waals surface area contributed by atoms with Crippen molar-refractivity contribution in [3.05, 3.63) is 48.3 Å². The summed E-state index contributed by atoms with van der Waals surface area (Å²) < 4.78 is 36.2. The predicted molar refractivity (Wildman–Crippen MR) is 193 cm³/mol. The Balaban J connectivity index is 1.68. The number of sulfonamides is 1. The fourth-order valence-corrected chi connectivity index (χ4v) is 7.11. The molecule has 0 radical (unpaired) electrons. The normalized spacial score (nSPS) is 17.3. The number of nitrogens with two attached hydrogens (primary N) is 1. The van der Waals surface area contributed by atoms with E-state index >= 15 is 0 Å². The van der Waals surface area contributed by atoms with Crippen molar-refractivity contribution in [3.63, 3.8) is 0 Å². The van der Waals surface area contributed by atoms with Crippen molar-refractivity contribution in [1.82, 2.24) is 24.5 Å². The molecule has 1 atom stereocenters. The molecule has 0 aromatic carbocycles. The lowest BCUT2D eigenvalue weighted by Gasteiger charge is -2.52. The van der Waals surface area contributed by atoms with Crippen molar-refractivity contribution in [1.29, 1.82) is 0 Å². The Bertz CT molecular complexity index is 1640. The van der Waals surface area contributed by atoms with Gasteiger partial charge in [0.2, 0.25) is 5.88 Å². The van der Waals surface area contributed by atoms with Crippen LogP contribution in [0.5, 0.6) is 5.88 Å². The number of nitrogens with zero attached hydrogens (tertiary/aromatic N) is 5. The van der Waals surface area contributed by atoms with Gasteiger partial charge in [-0.1, -0.05) is 12.2 Å². The average molecular weight is 610 g/mol. The van der Waals surface area contributed by atoms with Crippen molar-refractivity contribution < 1.29 is 17.9 Å². The zero-order valence-corrected chi connectivity index (χ0v) is 28.4. The summed E-state index contributed by atoms with van der Waals surface area (Å²) >= 11 is 0. The predicted octanol–water partition coefficient (Wildman–Crippen LogP) is -3.90. The maximum absolute atomic E-state index is 13.5. The molecule has 11 nitrogen and oxygen atoms in total. The molecule has 44 heavy (non-hydrogen) atoms. The highest BCUT2D eigenvalue weighted by Gasteiger charge is 2.46. The summed E-state index contributed by atoms with van der Waals surface area (Å²) in [6, 6.07) is 7.75. The van der Waals surface area contributed by atoms with Gasteiger partial charge in [0.05, 0.1) is 59.2 Å². The highest BCUT2D eigenvalue weighted by molar-refractivity contribution is 7.90. The lowest BCUT2D eigenvalue weighted by Crippen LogP contribution is -2.47. The molecule has 3 aromatic heterocycles. The van der Waals surface area contributed by atoms with Gasteiger partial charge in [0, 0.05) is 30.5 Å². The molecule has 4 rings (SSSR count). The zero-order chi connectivity index (χ0) is 32.9. The van der Waals surface area contributed by atoms with Crippen molar-refractivity contribution >= 4 is 82.5 Å². The minimum Gasteiger partial charge on any atom is -0.477 e. The Kier molecular flexibility index (Phi) is 8.89. The minimum atomic E-state index is -4.28. The monoisotopic (exact) mass is 611 g/mol. The van der Waals surface area contributed by atoms with Crippen molar-refractivity contribution in [3.8, 4) is 11.7 Å². The Morgan fingerprint density at radius 3 is 2.34 bits per heavy atom. The van der Waals surface area contributed by atoms with E-state index in [1.165, 1.54) is 18.3 Å². The van der Waals surface area contributed by atoms with Gasteiger partial charge in [-0.05, 0) is 50.5 Å². The summed E-state index contributed by atoms with van der Waals surface area (Å²) in [7, 11) is 11.3. The quantitative estimate of drug-likeness (QED) is 0.220. The molecule has 1 fully saturated rings.